The van der Waals surface area contributed by atoms with Gasteiger partial charge in [-0.25, -0.2) is 4.98 Å². The van der Waals surface area contributed by atoms with Crippen LogP contribution in [0.1, 0.15) is 25.8 Å². The summed E-state index contributed by atoms with van der Waals surface area (Å²) in [5, 5.41) is 15.4. The van der Waals surface area contributed by atoms with Gasteiger partial charge >= 0.3 is 0 Å². The van der Waals surface area contributed by atoms with Gasteiger partial charge in [-0.3, -0.25) is 14.6 Å². The van der Waals surface area contributed by atoms with Crippen LogP contribution in [0.15, 0.2) is 48.9 Å². The van der Waals surface area contributed by atoms with Crippen LogP contribution in [0.3, 0.4) is 0 Å². The zero-order valence-electron chi connectivity index (χ0n) is 17.2. The van der Waals surface area contributed by atoms with Gasteiger partial charge in [0.2, 0.25) is 5.91 Å². The standard InChI is InChI=1S/C22H24N6O2/c1-14(2)30-17-5-6-19-18(11-17)22(27-26-19)16-8-9-23-20(10-16)25-21(29)7-4-15-12-24-28(3)13-15/h5-6,8-14H,4,7H2,1-3H3,(H,26,27)(H,23,25,29). The van der Waals surface area contributed by atoms with E-state index in [9.17, 15) is 4.79 Å². The van der Waals surface area contributed by atoms with E-state index in [2.05, 4.69) is 25.6 Å². The summed E-state index contributed by atoms with van der Waals surface area (Å²) >= 11 is 0. The van der Waals surface area contributed by atoms with Crippen molar-refractivity contribution >= 4 is 22.6 Å². The number of aryl methyl sites for hydroxylation is 2. The normalized spacial score (nSPS) is 11.2. The zero-order valence-corrected chi connectivity index (χ0v) is 17.2. The summed E-state index contributed by atoms with van der Waals surface area (Å²) in [6, 6.07) is 9.54. The molecule has 0 aliphatic heterocycles. The van der Waals surface area contributed by atoms with Gasteiger partial charge in [0.15, 0.2) is 0 Å². The molecule has 0 unspecified atom stereocenters. The van der Waals surface area contributed by atoms with E-state index < -0.39 is 0 Å². The smallest absolute Gasteiger partial charge is 0.225 e. The van der Waals surface area contributed by atoms with Crippen molar-refractivity contribution in [1.82, 2.24) is 25.0 Å². The molecular formula is C22H24N6O2. The molecule has 0 bridgehead atoms. The maximum atomic E-state index is 12.3. The Morgan fingerprint density at radius 2 is 2.13 bits per heavy atom. The average molecular weight is 404 g/mol. The first-order chi connectivity index (χ1) is 14.5. The number of rotatable bonds is 7. The minimum absolute atomic E-state index is 0.0900. The van der Waals surface area contributed by atoms with Crippen molar-refractivity contribution in [2.75, 3.05) is 5.32 Å². The van der Waals surface area contributed by atoms with Crippen LogP contribution in [0.25, 0.3) is 22.2 Å². The molecule has 0 radical (unpaired) electrons. The molecule has 4 aromatic rings. The maximum Gasteiger partial charge on any atom is 0.225 e. The van der Waals surface area contributed by atoms with Crippen LogP contribution < -0.4 is 10.1 Å². The summed E-state index contributed by atoms with van der Waals surface area (Å²) in [6.45, 7) is 3.99. The summed E-state index contributed by atoms with van der Waals surface area (Å²) in [7, 11) is 1.86. The molecule has 0 aliphatic carbocycles. The Balaban J connectivity index is 1.50. The van der Waals surface area contributed by atoms with Crippen LogP contribution in [-0.2, 0) is 18.3 Å². The molecule has 30 heavy (non-hydrogen) atoms. The number of carbonyl (C=O) groups excluding carboxylic acids is 1. The van der Waals surface area contributed by atoms with Crippen molar-refractivity contribution in [3.05, 3.63) is 54.5 Å². The van der Waals surface area contributed by atoms with E-state index >= 15 is 0 Å². The van der Waals surface area contributed by atoms with E-state index in [1.165, 1.54) is 0 Å². The SMILES string of the molecule is CC(C)Oc1ccc2[nH]nc(-c3ccnc(NC(=O)CCc4cnn(C)c4)c3)c2c1. The van der Waals surface area contributed by atoms with E-state index in [1.54, 1.807) is 17.1 Å². The summed E-state index contributed by atoms with van der Waals surface area (Å²) in [4.78, 5) is 16.6. The Morgan fingerprint density at radius 1 is 1.27 bits per heavy atom. The first-order valence-corrected chi connectivity index (χ1v) is 9.86. The van der Waals surface area contributed by atoms with E-state index in [4.69, 9.17) is 4.74 Å². The number of amides is 1. The first kappa shape index (κ1) is 19.6. The lowest BCUT2D eigenvalue weighted by Gasteiger charge is -2.09. The molecule has 8 heteroatoms. The van der Waals surface area contributed by atoms with Gasteiger partial charge in [-0.1, -0.05) is 0 Å². The van der Waals surface area contributed by atoms with Gasteiger partial charge in [0, 0.05) is 36.8 Å². The van der Waals surface area contributed by atoms with Gasteiger partial charge < -0.3 is 10.1 Å². The number of aromatic amines is 1. The lowest BCUT2D eigenvalue weighted by atomic mass is 10.1. The van der Waals surface area contributed by atoms with Gasteiger partial charge in [-0.15, -0.1) is 0 Å². The van der Waals surface area contributed by atoms with Crippen LogP contribution in [0.5, 0.6) is 5.75 Å². The van der Waals surface area contributed by atoms with E-state index in [0.29, 0.717) is 18.7 Å². The molecular weight excluding hydrogens is 380 g/mol. The fourth-order valence-corrected chi connectivity index (χ4v) is 3.27. The highest BCUT2D eigenvalue weighted by atomic mass is 16.5. The predicted octanol–water partition coefficient (Wildman–Crippen LogP) is 3.72. The van der Waals surface area contributed by atoms with Crippen molar-refractivity contribution in [2.45, 2.75) is 32.8 Å². The molecule has 3 aromatic heterocycles. The molecule has 0 aliphatic rings. The van der Waals surface area contributed by atoms with Crippen LogP contribution in [0, 0.1) is 0 Å². The summed E-state index contributed by atoms with van der Waals surface area (Å²) in [5.74, 6) is 1.19. The molecule has 0 spiro atoms. The molecule has 0 atom stereocenters. The number of hydrogen-bond acceptors (Lipinski definition) is 5. The summed E-state index contributed by atoms with van der Waals surface area (Å²) in [6.07, 6.45) is 6.42. The monoisotopic (exact) mass is 404 g/mol. The second-order valence-corrected chi connectivity index (χ2v) is 7.45. The van der Waals surface area contributed by atoms with Crippen LogP contribution in [0.2, 0.25) is 0 Å². The van der Waals surface area contributed by atoms with Crippen molar-refractivity contribution in [1.29, 1.82) is 0 Å². The van der Waals surface area contributed by atoms with Gasteiger partial charge in [0.05, 0.1) is 17.8 Å². The number of carbonyl (C=O) groups is 1. The van der Waals surface area contributed by atoms with Gasteiger partial charge in [-0.2, -0.15) is 10.2 Å². The number of nitrogens with zero attached hydrogens (tertiary/aromatic N) is 4. The van der Waals surface area contributed by atoms with Gasteiger partial charge in [0.1, 0.15) is 17.3 Å². The number of pyridine rings is 1. The lowest BCUT2D eigenvalue weighted by Crippen LogP contribution is -2.13. The van der Waals surface area contributed by atoms with Crippen molar-refractivity contribution in [3.8, 4) is 17.0 Å². The Labute approximate surface area is 174 Å². The third-order valence-corrected chi connectivity index (χ3v) is 4.61. The van der Waals surface area contributed by atoms with Crippen LogP contribution >= 0.6 is 0 Å². The Morgan fingerprint density at radius 3 is 2.90 bits per heavy atom. The number of H-pyrrole nitrogens is 1. The molecule has 8 nitrogen and oxygen atoms in total. The lowest BCUT2D eigenvalue weighted by molar-refractivity contribution is -0.116. The van der Waals surface area contributed by atoms with Gasteiger partial charge in [-0.05, 0) is 56.2 Å². The van der Waals surface area contributed by atoms with Crippen molar-refractivity contribution in [3.63, 3.8) is 0 Å². The number of fused-ring (bicyclic) bond motifs is 1. The topological polar surface area (TPSA) is 97.7 Å². The maximum absolute atomic E-state index is 12.3. The number of anilines is 1. The average Bonchev–Trinajstić information content (AvgIpc) is 3.32. The van der Waals surface area contributed by atoms with E-state index in [0.717, 1.165) is 33.5 Å². The molecule has 3 heterocycles. The highest BCUT2D eigenvalue weighted by Gasteiger charge is 2.12. The quantitative estimate of drug-likeness (QED) is 0.489. The van der Waals surface area contributed by atoms with Crippen molar-refractivity contribution in [2.24, 2.45) is 7.05 Å². The molecule has 154 valence electrons. The van der Waals surface area contributed by atoms with Crippen molar-refractivity contribution < 1.29 is 9.53 Å². The Hall–Kier alpha value is -3.68. The highest BCUT2D eigenvalue weighted by molar-refractivity contribution is 5.95. The van der Waals surface area contributed by atoms with Crippen LogP contribution in [-0.4, -0.2) is 37.0 Å². The molecule has 0 fully saturated rings. The fourth-order valence-electron chi connectivity index (χ4n) is 3.27. The Bertz CT molecular complexity index is 1180. The summed E-state index contributed by atoms with van der Waals surface area (Å²) in [5.41, 5.74) is 3.59. The first-order valence-electron chi connectivity index (χ1n) is 9.86. The second kappa shape index (κ2) is 8.36. The third kappa shape index (κ3) is 4.48. The number of benzene rings is 1. The molecule has 4 rings (SSSR count). The fraction of sp³-hybridized carbons (Fsp3) is 0.273. The highest BCUT2D eigenvalue weighted by Crippen LogP contribution is 2.30. The minimum Gasteiger partial charge on any atom is -0.491 e. The zero-order chi connectivity index (χ0) is 21.1. The van der Waals surface area contributed by atoms with E-state index in [1.807, 2.05) is 57.4 Å². The number of hydrogen-bond donors (Lipinski definition) is 2. The molecule has 1 aromatic carbocycles. The number of ether oxygens (including phenoxy) is 1. The third-order valence-electron chi connectivity index (χ3n) is 4.61. The predicted molar refractivity (Wildman–Crippen MR) is 115 cm³/mol. The van der Waals surface area contributed by atoms with Gasteiger partial charge in [0.25, 0.3) is 0 Å². The van der Waals surface area contributed by atoms with Crippen LogP contribution in [0.4, 0.5) is 5.82 Å². The number of nitrogens with one attached hydrogen (secondary N) is 2. The molecule has 1 amide bonds. The number of aromatic nitrogens is 5. The largest absolute Gasteiger partial charge is 0.491 e. The Kier molecular flexibility index (Phi) is 5.47. The van der Waals surface area contributed by atoms with E-state index in [-0.39, 0.29) is 12.0 Å². The summed E-state index contributed by atoms with van der Waals surface area (Å²) < 4.78 is 7.53. The molecule has 2 N–H and O–H groups in total. The minimum atomic E-state index is -0.0944. The molecule has 0 saturated heterocycles. The molecule has 0 saturated carbocycles. The second-order valence-electron chi connectivity index (χ2n) is 7.45.